The van der Waals surface area contributed by atoms with Crippen molar-refractivity contribution in [2.24, 2.45) is 0 Å². The van der Waals surface area contributed by atoms with E-state index in [9.17, 15) is 4.79 Å². The summed E-state index contributed by atoms with van der Waals surface area (Å²) in [7, 11) is 1.90. The lowest BCUT2D eigenvalue weighted by molar-refractivity contribution is -0.124. The first-order chi connectivity index (χ1) is 12.7. The highest BCUT2D eigenvalue weighted by atomic mass is 16.2. The van der Waals surface area contributed by atoms with Crippen LogP contribution in [-0.4, -0.2) is 45.5 Å². The first-order valence-corrected chi connectivity index (χ1v) is 9.07. The van der Waals surface area contributed by atoms with Gasteiger partial charge in [0.15, 0.2) is 5.65 Å². The molecule has 26 heavy (non-hydrogen) atoms. The molecule has 0 radical (unpaired) electrons. The van der Waals surface area contributed by atoms with Gasteiger partial charge in [-0.25, -0.2) is 9.50 Å². The number of hydrogen-bond acceptors (Lipinski definition) is 4. The van der Waals surface area contributed by atoms with Crippen molar-refractivity contribution in [2.45, 2.75) is 24.8 Å². The molecule has 2 aromatic heterocycles. The van der Waals surface area contributed by atoms with Crippen molar-refractivity contribution in [3.8, 4) is 0 Å². The average Bonchev–Trinajstić information content (AvgIpc) is 3.24. The zero-order valence-corrected chi connectivity index (χ0v) is 14.8. The number of carbonyl (C=O) groups excluding carboxylic acids is 1. The summed E-state index contributed by atoms with van der Waals surface area (Å²) in [5, 5.41) is 4.32. The Hall–Kier alpha value is -2.73. The summed E-state index contributed by atoms with van der Waals surface area (Å²) in [5.74, 6) is 0.247. The maximum absolute atomic E-state index is 13.0. The van der Waals surface area contributed by atoms with Gasteiger partial charge in [0.1, 0.15) is 6.33 Å². The van der Waals surface area contributed by atoms with Crippen LogP contribution in [0.2, 0.25) is 0 Å². The number of likely N-dealkylation sites (tertiary alicyclic amines) is 1. The molecule has 3 aromatic rings. The number of likely N-dealkylation sites (N-methyl/N-ethyl adjacent to an activating group) is 1. The summed E-state index contributed by atoms with van der Waals surface area (Å²) < 4.78 is 1.90. The SMILES string of the molecule is CN1C(=O)C2(CCN(Cc3cccc4ncnn34)CC2)c2ccccc21. The van der Waals surface area contributed by atoms with E-state index in [1.165, 1.54) is 5.56 Å². The lowest BCUT2D eigenvalue weighted by Crippen LogP contribution is -2.47. The largest absolute Gasteiger partial charge is 0.314 e. The van der Waals surface area contributed by atoms with Crippen molar-refractivity contribution in [2.75, 3.05) is 25.0 Å². The van der Waals surface area contributed by atoms with Crippen molar-refractivity contribution < 1.29 is 4.79 Å². The van der Waals surface area contributed by atoms with E-state index in [1.807, 2.05) is 40.7 Å². The summed E-state index contributed by atoms with van der Waals surface area (Å²) in [4.78, 5) is 21.5. The van der Waals surface area contributed by atoms with Gasteiger partial charge in [0.05, 0.1) is 11.1 Å². The summed E-state index contributed by atoms with van der Waals surface area (Å²) in [6, 6.07) is 14.3. The normalized spacial score (nSPS) is 19.4. The maximum Gasteiger partial charge on any atom is 0.237 e. The fraction of sp³-hybridized carbons (Fsp3) is 0.350. The van der Waals surface area contributed by atoms with Gasteiger partial charge in [-0.2, -0.15) is 5.10 Å². The molecule has 0 N–H and O–H groups in total. The van der Waals surface area contributed by atoms with E-state index >= 15 is 0 Å². The number of carbonyl (C=O) groups is 1. The monoisotopic (exact) mass is 347 g/mol. The summed E-state index contributed by atoms with van der Waals surface area (Å²) in [6.45, 7) is 2.63. The molecule has 2 aliphatic heterocycles. The second-order valence-electron chi connectivity index (χ2n) is 7.29. The molecule has 1 aromatic carbocycles. The highest BCUT2D eigenvalue weighted by molar-refractivity contribution is 6.07. The Morgan fingerprint density at radius 2 is 1.88 bits per heavy atom. The van der Waals surface area contributed by atoms with Gasteiger partial charge < -0.3 is 4.90 Å². The zero-order valence-electron chi connectivity index (χ0n) is 14.8. The van der Waals surface area contributed by atoms with E-state index in [0.29, 0.717) is 0 Å². The van der Waals surface area contributed by atoms with Gasteiger partial charge in [-0.3, -0.25) is 9.69 Å². The third-order valence-electron chi connectivity index (χ3n) is 5.97. The Kier molecular flexibility index (Phi) is 3.37. The van der Waals surface area contributed by atoms with Crippen molar-refractivity contribution in [1.82, 2.24) is 19.5 Å². The van der Waals surface area contributed by atoms with Gasteiger partial charge in [-0.15, -0.1) is 0 Å². The van der Waals surface area contributed by atoms with Crippen LogP contribution in [0.4, 0.5) is 5.69 Å². The van der Waals surface area contributed by atoms with Crippen LogP contribution in [0, 0.1) is 0 Å². The van der Waals surface area contributed by atoms with Crippen molar-refractivity contribution in [1.29, 1.82) is 0 Å². The number of piperidine rings is 1. The Balaban J connectivity index is 1.38. The smallest absolute Gasteiger partial charge is 0.237 e. The van der Waals surface area contributed by atoms with Gasteiger partial charge in [0, 0.05) is 19.3 Å². The van der Waals surface area contributed by atoms with Gasteiger partial charge in [-0.05, 0) is 49.7 Å². The highest BCUT2D eigenvalue weighted by Gasteiger charge is 2.50. The minimum Gasteiger partial charge on any atom is -0.314 e. The van der Waals surface area contributed by atoms with Crippen LogP contribution in [0.15, 0.2) is 48.8 Å². The van der Waals surface area contributed by atoms with E-state index < -0.39 is 0 Å². The van der Waals surface area contributed by atoms with Crippen LogP contribution in [0.3, 0.4) is 0 Å². The van der Waals surface area contributed by atoms with E-state index in [2.05, 4.69) is 33.2 Å². The molecule has 4 heterocycles. The van der Waals surface area contributed by atoms with Crippen LogP contribution >= 0.6 is 0 Å². The Morgan fingerprint density at radius 3 is 2.73 bits per heavy atom. The molecule has 132 valence electrons. The molecule has 6 nitrogen and oxygen atoms in total. The van der Waals surface area contributed by atoms with Crippen molar-refractivity contribution >= 4 is 17.2 Å². The molecule has 1 saturated heterocycles. The van der Waals surface area contributed by atoms with E-state index in [-0.39, 0.29) is 11.3 Å². The molecule has 1 spiro atoms. The molecule has 0 atom stereocenters. The summed E-state index contributed by atoms with van der Waals surface area (Å²) in [5.41, 5.74) is 3.92. The number of anilines is 1. The van der Waals surface area contributed by atoms with Crippen LogP contribution in [-0.2, 0) is 16.8 Å². The average molecular weight is 347 g/mol. The molecule has 1 amide bonds. The van der Waals surface area contributed by atoms with Gasteiger partial charge in [-0.1, -0.05) is 24.3 Å². The third-order valence-corrected chi connectivity index (χ3v) is 5.97. The predicted molar refractivity (Wildman–Crippen MR) is 99.0 cm³/mol. The van der Waals surface area contributed by atoms with Gasteiger partial charge >= 0.3 is 0 Å². The molecule has 0 saturated carbocycles. The number of amides is 1. The minimum atomic E-state index is -0.346. The Morgan fingerprint density at radius 1 is 1.08 bits per heavy atom. The van der Waals surface area contributed by atoms with Crippen LogP contribution in [0.5, 0.6) is 0 Å². The number of para-hydroxylation sites is 1. The standard InChI is InChI=1S/C20H21N5O/c1-23-17-7-3-2-6-16(17)20(19(23)26)9-11-24(12-10-20)13-15-5-4-8-18-21-14-22-25(15)18/h2-8,14H,9-13H2,1H3. The number of benzene rings is 1. The van der Waals surface area contributed by atoms with Crippen LogP contribution in [0.25, 0.3) is 5.65 Å². The third kappa shape index (κ3) is 2.12. The molecule has 0 unspecified atom stereocenters. The van der Waals surface area contributed by atoms with Crippen molar-refractivity contribution in [3.05, 3.63) is 60.0 Å². The van der Waals surface area contributed by atoms with E-state index in [4.69, 9.17) is 0 Å². The zero-order chi connectivity index (χ0) is 17.7. The van der Waals surface area contributed by atoms with Gasteiger partial charge in [0.25, 0.3) is 0 Å². The lowest BCUT2D eigenvalue weighted by atomic mass is 9.73. The summed E-state index contributed by atoms with van der Waals surface area (Å²) in [6.07, 6.45) is 3.31. The fourth-order valence-electron chi connectivity index (χ4n) is 4.54. The first kappa shape index (κ1) is 15.5. The minimum absolute atomic E-state index is 0.247. The molecular formula is C20H21N5O. The number of nitrogens with zero attached hydrogens (tertiary/aromatic N) is 5. The van der Waals surface area contributed by atoms with E-state index in [1.54, 1.807) is 6.33 Å². The molecule has 5 rings (SSSR count). The Labute approximate surface area is 152 Å². The molecule has 1 fully saturated rings. The van der Waals surface area contributed by atoms with E-state index in [0.717, 1.165) is 49.5 Å². The Bertz CT molecular complexity index is 987. The molecule has 0 aliphatic carbocycles. The van der Waals surface area contributed by atoms with Gasteiger partial charge in [0.2, 0.25) is 5.91 Å². The predicted octanol–water partition coefficient (Wildman–Crippen LogP) is 2.24. The molecule has 0 bridgehead atoms. The van der Waals surface area contributed by atoms with Crippen LogP contribution < -0.4 is 4.90 Å². The molecule has 6 heteroatoms. The second kappa shape index (κ2) is 5.64. The number of hydrogen-bond donors (Lipinski definition) is 0. The van der Waals surface area contributed by atoms with Crippen LogP contribution in [0.1, 0.15) is 24.1 Å². The number of pyridine rings is 1. The number of fused-ring (bicyclic) bond motifs is 3. The van der Waals surface area contributed by atoms with Crippen molar-refractivity contribution in [3.63, 3.8) is 0 Å². The molecular weight excluding hydrogens is 326 g/mol. The topological polar surface area (TPSA) is 53.7 Å². The molecule has 2 aliphatic rings. The second-order valence-corrected chi connectivity index (χ2v) is 7.29. The number of rotatable bonds is 2. The first-order valence-electron chi connectivity index (χ1n) is 9.07. The number of aromatic nitrogens is 3. The quantitative estimate of drug-likeness (QED) is 0.713. The maximum atomic E-state index is 13.0. The fourth-order valence-corrected chi connectivity index (χ4v) is 4.54. The summed E-state index contributed by atoms with van der Waals surface area (Å²) >= 11 is 0. The lowest BCUT2D eigenvalue weighted by Gasteiger charge is -2.38. The highest BCUT2D eigenvalue weighted by Crippen LogP contribution is 2.47.